The van der Waals surface area contributed by atoms with Crippen LogP contribution in [0.5, 0.6) is 0 Å². The number of nitriles is 1. The standard InChI is InChI=1S/C15H18N2O/c16-12-9-14(18)17-15(10-5-2-6-11-15)13-7-3-1-4-8-13/h1,3-4,7-8H,2,5-6,9-11H2,(H,17,18). The van der Waals surface area contributed by atoms with Gasteiger partial charge in [0.15, 0.2) is 0 Å². The average Bonchev–Trinajstić information content (AvgIpc) is 2.41. The minimum atomic E-state index is -0.257. The van der Waals surface area contributed by atoms with Gasteiger partial charge in [0, 0.05) is 0 Å². The zero-order valence-corrected chi connectivity index (χ0v) is 10.5. The third-order valence-corrected chi connectivity index (χ3v) is 3.65. The van der Waals surface area contributed by atoms with Gasteiger partial charge in [-0.15, -0.1) is 0 Å². The normalized spacial score (nSPS) is 17.7. The van der Waals surface area contributed by atoms with E-state index in [4.69, 9.17) is 5.26 Å². The highest BCUT2D eigenvalue weighted by Gasteiger charge is 2.34. The Labute approximate surface area is 108 Å². The molecule has 1 aliphatic rings. The molecule has 0 aromatic heterocycles. The highest BCUT2D eigenvalue weighted by atomic mass is 16.1. The lowest BCUT2D eigenvalue weighted by molar-refractivity contribution is -0.122. The van der Waals surface area contributed by atoms with E-state index < -0.39 is 0 Å². The van der Waals surface area contributed by atoms with Gasteiger partial charge in [-0.25, -0.2) is 0 Å². The molecular formula is C15H18N2O. The van der Waals surface area contributed by atoms with Crippen LogP contribution in [-0.4, -0.2) is 5.91 Å². The molecule has 18 heavy (non-hydrogen) atoms. The molecule has 1 saturated carbocycles. The second-order valence-electron chi connectivity index (χ2n) is 4.89. The summed E-state index contributed by atoms with van der Waals surface area (Å²) in [7, 11) is 0. The fourth-order valence-corrected chi connectivity index (χ4v) is 2.78. The van der Waals surface area contributed by atoms with Gasteiger partial charge in [0.25, 0.3) is 0 Å². The monoisotopic (exact) mass is 242 g/mol. The van der Waals surface area contributed by atoms with Crippen molar-refractivity contribution in [1.82, 2.24) is 5.32 Å². The largest absolute Gasteiger partial charge is 0.346 e. The highest BCUT2D eigenvalue weighted by molar-refractivity contribution is 5.79. The van der Waals surface area contributed by atoms with Gasteiger partial charge < -0.3 is 5.32 Å². The molecule has 1 aromatic carbocycles. The summed E-state index contributed by atoms with van der Waals surface area (Å²) in [5.74, 6) is -0.164. The molecule has 1 aliphatic carbocycles. The van der Waals surface area contributed by atoms with Crippen LogP contribution in [0.2, 0.25) is 0 Å². The van der Waals surface area contributed by atoms with Crippen LogP contribution in [0.25, 0.3) is 0 Å². The fraction of sp³-hybridized carbons (Fsp3) is 0.467. The van der Waals surface area contributed by atoms with E-state index in [2.05, 4.69) is 17.4 Å². The van der Waals surface area contributed by atoms with E-state index in [-0.39, 0.29) is 17.9 Å². The lowest BCUT2D eigenvalue weighted by Crippen LogP contribution is -2.47. The van der Waals surface area contributed by atoms with Gasteiger partial charge in [0.1, 0.15) is 6.42 Å². The van der Waals surface area contributed by atoms with Gasteiger partial charge >= 0.3 is 0 Å². The maximum Gasteiger partial charge on any atom is 0.234 e. The number of benzene rings is 1. The molecular weight excluding hydrogens is 224 g/mol. The number of carbonyl (C=O) groups excluding carboxylic acids is 1. The molecule has 0 bridgehead atoms. The summed E-state index contributed by atoms with van der Waals surface area (Å²) < 4.78 is 0. The Hall–Kier alpha value is -1.82. The topological polar surface area (TPSA) is 52.9 Å². The van der Waals surface area contributed by atoms with E-state index in [1.54, 1.807) is 0 Å². The maximum absolute atomic E-state index is 11.8. The first-order valence-corrected chi connectivity index (χ1v) is 6.50. The predicted molar refractivity (Wildman–Crippen MR) is 69.6 cm³/mol. The van der Waals surface area contributed by atoms with Crippen LogP contribution < -0.4 is 5.32 Å². The van der Waals surface area contributed by atoms with E-state index >= 15 is 0 Å². The summed E-state index contributed by atoms with van der Waals surface area (Å²) in [4.78, 5) is 11.8. The molecule has 0 saturated heterocycles. The van der Waals surface area contributed by atoms with Crippen LogP contribution in [-0.2, 0) is 10.3 Å². The van der Waals surface area contributed by atoms with Gasteiger partial charge in [-0.3, -0.25) is 4.79 Å². The van der Waals surface area contributed by atoms with Gasteiger partial charge in [-0.05, 0) is 18.4 Å². The zero-order chi connectivity index (χ0) is 12.8. The van der Waals surface area contributed by atoms with Crippen LogP contribution in [0.15, 0.2) is 30.3 Å². The lowest BCUT2D eigenvalue weighted by Gasteiger charge is -2.38. The molecule has 3 heteroatoms. The third kappa shape index (κ3) is 2.70. The number of nitrogens with one attached hydrogen (secondary N) is 1. The van der Waals surface area contributed by atoms with Crippen molar-refractivity contribution in [1.29, 1.82) is 5.26 Å². The Kier molecular flexibility index (Phi) is 3.99. The molecule has 0 spiro atoms. The number of amides is 1. The van der Waals surface area contributed by atoms with Gasteiger partial charge in [0.05, 0.1) is 11.6 Å². The van der Waals surface area contributed by atoms with Crippen molar-refractivity contribution in [3.63, 3.8) is 0 Å². The zero-order valence-electron chi connectivity index (χ0n) is 10.5. The van der Waals surface area contributed by atoms with E-state index in [9.17, 15) is 4.79 Å². The summed E-state index contributed by atoms with van der Waals surface area (Å²) in [6, 6.07) is 12.0. The summed E-state index contributed by atoms with van der Waals surface area (Å²) in [5, 5.41) is 11.7. The lowest BCUT2D eigenvalue weighted by atomic mass is 9.76. The minimum absolute atomic E-state index is 0.0609. The molecule has 0 radical (unpaired) electrons. The number of hydrogen-bond donors (Lipinski definition) is 1. The van der Waals surface area contributed by atoms with E-state index in [0.717, 1.165) is 31.2 Å². The first-order valence-electron chi connectivity index (χ1n) is 6.50. The van der Waals surface area contributed by atoms with Crippen LogP contribution >= 0.6 is 0 Å². The average molecular weight is 242 g/mol. The van der Waals surface area contributed by atoms with E-state index in [0.29, 0.717) is 0 Å². The predicted octanol–water partition coefficient (Wildman–Crippen LogP) is 2.88. The molecule has 0 unspecified atom stereocenters. The molecule has 94 valence electrons. The van der Waals surface area contributed by atoms with Crippen LogP contribution in [0.3, 0.4) is 0 Å². The van der Waals surface area contributed by atoms with Gasteiger partial charge in [-0.2, -0.15) is 5.26 Å². The van der Waals surface area contributed by atoms with Crippen molar-refractivity contribution in [2.45, 2.75) is 44.1 Å². The SMILES string of the molecule is N#CCC(=O)NC1(c2ccccc2)CCCCC1. The van der Waals surface area contributed by atoms with Crippen molar-refractivity contribution in [3.8, 4) is 6.07 Å². The summed E-state index contributed by atoms with van der Waals surface area (Å²) in [6.45, 7) is 0. The first-order chi connectivity index (χ1) is 8.77. The first kappa shape index (κ1) is 12.6. The fourth-order valence-electron chi connectivity index (χ4n) is 2.78. The third-order valence-electron chi connectivity index (χ3n) is 3.65. The second kappa shape index (κ2) is 5.68. The molecule has 1 amide bonds. The van der Waals surface area contributed by atoms with Crippen molar-refractivity contribution in [3.05, 3.63) is 35.9 Å². The Morgan fingerprint density at radius 1 is 1.22 bits per heavy atom. The molecule has 0 atom stereocenters. The Bertz CT molecular complexity index is 441. The highest BCUT2D eigenvalue weighted by Crippen LogP contribution is 2.37. The van der Waals surface area contributed by atoms with Crippen LogP contribution in [0.4, 0.5) is 0 Å². The van der Waals surface area contributed by atoms with Crippen molar-refractivity contribution < 1.29 is 4.79 Å². The van der Waals surface area contributed by atoms with Crippen LogP contribution in [0, 0.1) is 11.3 Å². The van der Waals surface area contributed by atoms with Crippen molar-refractivity contribution >= 4 is 5.91 Å². The minimum Gasteiger partial charge on any atom is -0.346 e. The second-order valence-corrected chi connectivity index (χ2v) is 4.89. The summed E-state index contributed by atoms with van der Waals surface area (Å²) in [5.41, 5.74) is 0.906. The quantitative estimate of drug-likeness (QED) is 0.886. The summed E-state index contributed by atoms with van der Waals surface area (Å²) in [6.07, 6.45) is 5.35. The molecule has 1 N–H and O–H groups in total. The Balaban J connectivity index is 2.24. The molecule has 3 nitrogen and oxygen atoms in total. The molecule has 1 aromatic rings. The summed E-state index contributed by atoms with van der Waals surface area (Å²) >= 11 is 0. The maximum atomic E-state index is 11.8. The molecule has 0 heterocycles. The van der Waals surface area contributed by atoms with E-state index in [1.807, 2.05) is 24.3 Å². The molecule has 2 rings (SSSR count). The van der Waals surface area contributed by atoms with Crippen molar-refractivity contribution in [2.75, 3.05) is 0 Å². The number of carbonyl (C=O) groups is 1. The van der Waals surface area contributed by atoms with Gasteiger partial charge in [0.2, 0.25) is 5.91 Å². The number of nitrogens with zero attached hydrogens (tertiary/aromatic N) is 1. The molecule has 0 aliphatic heterocycles. The number of rotatable bonds is 3. The Morgan fingerprint density at radius 3 is 2.50 bits per heavy atom. The van der Waals surface area contributed by atoms with Crippen molar-refractivity contribution in [2.24, 2.45) is 0 Å². The molecule has 1 fully saturated rings. The van der Waals surface area contributed by atoms with E-state index in [1.165, 1.54) is 6.42 Å². The number of hydrogen-bond acceptors (Lipinski definition) is 2. The van der Waals surface area contributed by atoms with Crippen LogP contribution in [0.1, 0.15) is 44.1 Å². The Morgan fingerprint density at radius 2 is 1.89 bits per heavy atom. The smallest absolute Gasteiger partial charge is 0.234 e. The van der Waals surface area contributed by atoms with Gasteiger partial charge in [-0.1, -0.05) is 49.6 Å².